The highest BCUT2D eigenvalue weighted by atomic mass is 19.4. The smallest absolute Gasteiger partial charge is 0.389 e. The summed E-state index contributed by atoms with van der Waals surface area (Å²) in [7, 11) is 0. The summed E-state index contributed by atoms with van der Waals surface area (Å²) < 4.78 is 36.7. The zero-order valence-electron chi connectivity index (χ0n) is 14.0. The first-order valence-corrected chi connectivity index (χ1v) is 7.95. The topological polar surface area (TPSA) is 66.4 Å². The van der Waals surface area contributed by atoms with E-state index in [2.05, 4.69) is 5.32 Å². The van der Waals surface area contributed by atoms with Crippen LogP contribution in [0.2, 0.25) is 0 Å². The molecule has 2 aromatic carbocycles. The third kappa shape index (κ3) is 5.61. The van der Waals surface area contributed by atoms with Gasteiger partial charge in [0.25, 0.3) is 5.91 Å². The largest absolute Gasteiger partial charge is 0.481 e. The molecule has 1 amide bonds. The molecule has 0 heterocycles. The molecule has 0 radical (unpaired) electrons. The van der Waals surface area contributed by atoms with Crippen molar-refractivity contribution in [3.63, 3.8) is 0 Å². The van der Waals surface area contributed by atoms with Gasteiger partial charge in [-0.3, -0.25) is 9.59 Å². The van der Waals surface area contributed by atoms with Gasteiger partial charge in [-0.15, -0.1) is 0 Å². The fourth-order valence-corrected chi connectivity index (χ4v) is 2.31. The standard InChI is InChI=1S/C19H18F3NO3/c1-12(18(25)26)14-6-8-16(9-7-14)23-17(24)15-4-2-13(3-5-15)10-11-19(20,21)22/h2-9,12H,10-11H2,1H3,(H,23,24)(H,25,26). The van der Waals surface area contributed by atoms with Crippen molar-refractivity contribution in [1.82, 2.24) is 0 Å². The van der Waals surface area contributed by atoms with E-state index in [1.807, 2.05) is 0 Å². The van der Waals surface area contributed by atoms with Gasteiger partial charge in [0.1, 0.15) is 0 Å². The molecule has 7 heteroatoms. The Morgan fingerprint density at radius 3 is 2.12 bits per heavy atom. The second kappa shape index (κ2) is 8.03. The fraction of sp³-hybridized carbons (Fsp3) is 0.263. The fourth-order valence-electron chi connectivity index (χ4n) is 2.31. The minimum absolute atomic E-state index is 0.130. The number of aliphatic carboxylic acids is 1. The summed E-state index contributed by atoms with van der Waals surface area (Å²) in [5.74, 6) is -1.98. The molecule has 2 aromatic rings. The van der Waals surface area contributed by atoms with Gasteiger partial charge >= 0.3 is 12.1 Å². The van der Waals surface area contributed by atoms with Crippen LogP contribution in [0.5, 0.6) is 0 Å². The average Bonchev–Trinajstić information content (AvgIpc) is 2.59. The molecule has 26 heavy (non-hydrogen) atoms. The molecule has 0 bridgehead atoms. The lowest BCUT2D eigenvalue weighted by Gasteiger charge is -2.10. The molecule has 0 aliphatic heterocycles. The van der Waals surface area contributed by atoms with Crippen molar-refractivity contribution in [2.45, 2.75) is 31.9 Å². The molecule has 0 spiro atoms. The van der Waals surface area contributed by atoms with Gasteiger partial charge in [-0.1, -0.05) is 24.3 Å². The predicted octanol–water partition coefficient (Wildman–Crippen LogP) is 4.62. The molecule has 0 fully saturated rings. The molecule has 4 nitrogen and oxygen atoms in total. The highest BCUT2D eigenvalue weighted by molar-refractivity contribution is 6.04. The summed E-state index contributed by atoms with van der Waals surface area (Å²) in [5, 5.41) is 11.6. The maximum Gasteiger partial charge on any atom is 0.389 e. The van der Waals surface area contributed by atoms with E-state index in [0.717, 1.165) is 0 Å². The lowest BCUT2D eigenvalue weighted by atomic mass is 10.0. The Morgan fingerprint density at radius 1 is 1.04 bits per heavy atom. The van der Waals surface area contributed by atoms with Crippen LogP contribution in [0.3, 0.4) is 0 Å². The van der Waals surface area contributed by atoms with Crippen LogP contribution in [0.4, 0.5) is 18.9 Å². The molecule has 1 unspecified atom stereocenters. The van der Waals surface area contributed by atoms with Crippen LogP contribution in [-0.2, 0) is 11.2 Å². The van der Waals surface area contributed by atoms with Gasteiger partial charge in [0.2, 0.25) is 0 Å². The lowest BCUT2D eigenvalue weighted by Crippen LogP contribution is -2.12. The molecule has 138 valence electrons. The van der Waals surface area contributed by atoms with Crippen molar-refractivity contribution < 1.29 is 27.9 Å². The third-order valence-corrected chi connectivity index (χ3v) is 3.95. The van der Waals surface area contributed by atoms with Crippen LogP contribution < -0.4 is 5.32 Å². The van der Waals surface area contributed by atoms with E-state index in [9.17, 15) is 22.8 Å². The number of carbonyl (C=O) groups excluding carboxylic acids is 1. The molecule has 2 rings (SSSR count). The molecule has 0 saturated heterocycles. The highest BCUT2D eigenvalue weighted by Gasteiger charge is 2.26. The molecule has 1 atom stereocenters. The zero-order chi connectivity index (χ0) is 19.3. The quantitative estimate of drug-likeness (QED) is 0.785. The minimum atomic E-state index is -4.21. The van der Waals surface area contributed by atoms with E-state index in [1.165, 1.54) is 24.3 Å². The van der Waals surface area contributed by atoms with Gasteiger partial charge in [-0.05, 0) is 48.7 Å². The summed E-state index contributed by atoms with van der Waals surface area (Å²) in [5.41, 5.74) is 1.94. The van der Waals surface area contributed by atoms with E-state index in [0.29, 0.717) is 22.4 Å². The Bertz CT molecular complexity index is 768. The second-order valence-corrected chi connectivity index (χ2v) is 5.95. The van der Waals surface area contributed by atoms with E-state index in [4.69, 9.17) is 5.11 Å². The van der Waals surface area contributed by atoms with Crippen LogP contribution in [0.1, 0.15) is 40.7 Å². The van der Waals surface area contributed by atoms with Gasteiger partial charge in [-0.25, -0.2) is 0 Å². The number of nitrogens with one attached hydrogen (secondary N) is 1. The third-order valence-electron chi connectivity index (χ3n) is 3.95. The van der Waals surface area contributed by atoms with E-state index < -0.39 is 30.4 Å². The van der Waals surface area contributed by atoms with E-state index in [1.54, 1.807) is 31.2 Å². The van der Waals surface area contributed by atoms with Crippen molar-refractivity contribution in [1.29, 1.82) is 0 Å². The summed E-state index contributed by atoms with van der Waals surface area (Å²) in [6, 6.07) is 12.4. The lowest BCUT2D eigenvalue weighted by molar-refractivity contribution is -0.138. The number of rotatable bonds is 6. The first kappa shape index (κ1) is 19.5. The molecular formula is C19H18F3NO3. The van der Waals surface area contributed by atoms with Crippen molar-refractivity contribution in [3.05, 3.63) is 65.2 Å². The summed E-state index contributed by atoms with van der Waals surface area (Å²) in [6.07, 6.45) is -5.24. The van der Waals surface area contributed by atoms with Gasteiger partial charge in [0.15, 0.2) is 0 Å². The number of halogens is 3. The molecular weight excluding hydrogens is 347 g/mol. The number of hydrogen-bond acceptors (Lipinski definition) is 2. The molecule has 0 aromatic heterocycles. The Labute approximate surface area is 148 Å². The Balaban J connectivity index is 1.98. The monoisotopic (exact) mass is 365 g/mol. The summed E-state index contributed by atoms with van der Waals surface area (Å²) in [6.45, 7) is 1.57. The number of anilines is 1. The van der Waals surface area contributed by atoms with Crippen molar-refractivity contribution in [2.75, 3.05) is 5.32 Å². The number of benzene rings is 2. The zero-order valence-corrected chi connectivity index (χ0v) is 14.0. The van der Waals surface area contributed by atoms with Gasteiger partial charge in [-0.2, -0.15) is 13.2 Å². The molecule has 0 saturated carbocycles. The average molecular weight is 365 g/mol. The van der Waals surface area contributed by atoms with Crippen LogP contribution in [0, 0.1) is 0 Å². The van der Waals surface area contributed by atoms with Crippen LogP contribution in [-0.4, -0.2) is 23.2 Å². The molecule has 2 N–H and O–H groups in total. The number of alkyl halides is 3. The van der Waals surface area contributed by atoms with Crippen LogP contribution in [0.25, 0.3) is 0 Å². The number of carboxylic acids is 1. The van der Waals surface area contributed by atoms with Crippen LogP contribution >= 0.6 is 0 Å². The SMILES string of the molecule is CC(C(=O)O)c1ccc(NC(=O)c2ccc(CCC(F)(F)F)cc2)cc1. The van der Waals surface area contributed by atoms with Crippen molar-refractivity contribution in [2.24, 2.45) is 0 Å². The molecule has 0 aliphatic rings. The number of amides is 1. The number of aryl methyl sites for hydroxylation is 1. The number of hydrogen-bond donors (Lipinski definition) is 2. The van der Waals surface area contributed by atoms with Gasteiger partial charge < -0.3 is 10.4 Å². The van der Waals surface area contributed by atoms with Gasteiger partial charge in [0, 0.05) is 17.7 Å². The summed E-state index contributed by atoms with van der Waals surface area (Å²) in [4.78, 5) is 23.1. The maximum atomic E-state index is 12.2. The molecule has 0 aliphatic carbocycles. The maximum absolute atomic E-state index is 12.2. The normalized spacial score (nSPS) is 12.5. The highest BCUT2D eigenvalue weighted by Crippen LogP contribution is 2.22. The predicted molar refractivity (Wildman–Crippen MR) is 91.3 cm³/mol. The van der Waals surface area contributed by atoms with Crippen molar-refractivity contribution >= 4 is 17.6 Å². The first-order valence-electron chi connectivity index (χ1n) is 7.95. The number of carbonyl (C=O) groups is 2. The minimum Gasteiger partial charge on any atom is -0.481 e. The summed E-state index contributed by atoms with van der Waals surface area (Å²) >= 11 is 0. The number of carboxylic acid groups (broad SMARTS) is 1. The Kier molecular flexibility index (Phi) is 6.02. The van der Waals surface area contributed by atoms with E-state index >= 15 is 0 Å². The Hall–Kier alpha value is -2.83. The van der Waals surface area contributed by atoms with Gasteiger partial charge in [0.05, 0.1) is 5.92 Å². The Morgan fingerprint density at radius 2 is 1.62 bits per heavy atom. The van der Waals surface area contributed by atoms with Crippen molar-refractivity contribution in [3.8, 4) is 0 Å². The van der Waals surface area contributed by atoms with E-state index in [-0.39, 0.29) is 6.42 Å². The van der Waals surface area contributed by atoms with Crippen LogP contribution in [0.15, 0.2) is 48.5 Å². The first-order chi connectivity index (χ1) is 12.2. The second-order valence-electron chi connectivity index (χ2n) is 5.95.